The molecule has 0 saturated carbocycles. The van der Waals surface area contributed by atoms with Crippen molar-refractivity contribution in [1.29, 1.82) is 0 Å². The van der Waals surface area contributed by atoms with Gasteiger partial charge in [-0.2, -0.15) is 0 Å². The van der Waals surface area contributed by atoms with Crippen LogP contribution in [0.15, 0.2) is 12.1 Å². The zero-order valence-corrected chi connectivity index (χ0v) is 11.0. The molecule has 0 aliphatic carbocycles. The van der Waals surface area contributed by atoms with E-state index in [1.807, 2.05) is 13.8 Å². The van der Waals surface area contributed by atoms with Crippen LogP contribution in [-0.4, -0.2) is 27.2 Å². The van der Waals surface area contributed by atoms with Crippen LogP contribution in [0.2, 0.25) is 0 Å². The maximum Gasteiger partial charge on any atom is 0.406 e. The molecule has 1 N–H and O–H groups in total. The van der Waals surface area contributed by atoms with Gasteiger partial charge in [0.25, 0.3) is 0 Å². The molecule has 0 aliphatic rings. The Labute approximate surface area is 106 Å². The highest BCUT2D eigenvalue weighted by molar-refractivity contribution is 5.40. The molecule has 1 aromatic heterocycles. The molecule has 1 unspecified atom stereocenters. The van der Waals surface area contributed by atoms with Crippen molar-refractivity contribution in [2.45, 2.75) is 33.3 Å². The fourth-order valence-corrected chi connectivity index (χ4v) is 1.16. The molecule has 1 rings (SSSR count). The van der Waals surface area contributed by atoms with Crippen molar-refractivity contribution >= 4 is 5.82 Å². The summed E-state index contributed by atoms with van der Waals surface area (Å²) in [7, 11) is 0. The SMILES string of the molecule is Cc1ccc(OCC(C)(O)C(C)C)c([N+](=O)[O-])n1. The van der Waals surface area contributed by atoms with E-state index in [-0.39, 0.29) is 24.1 Å². The third-order valence-corrected chi connectivity index (χ3v) is 2.92. The molecular weight excluding hydrogens is 236 g/mol. The van der Waals surface area contributed by atoms with Crippen LogP contribution in [0.1, 0.15) is 26.5 Å². The Hall–Kier alpha value is -1.69. The Kier molecular flexibility index (Phi) is 4.24. The van der Waals surface area contributed by atoms with E-state index in [0.29, 0.717) is 5.69 Å². The number of nitro groups is 1. The summed E-state index contributed by atoms with van der Waals surface area (Å²) in [4.78, 5) is 14.1. The van der Waals surface area contributed by atoms with Crippen molar-refractivity contribution in [2.75, 3.05) is 6.61 Å². The van der Waals surface area contributed by atoms with Crippen LogP contribution in [0.4, 0.5) is 5.82 Å². The normalized spacial score (nSPS) is 14.3. The first-order chi connectivity index (χ1) is 8.24. The van der Waals surface area contributed by atoms with Gasteiger partial charge in [0.2, 0.25) is 5.75 Å². The Morgan fingerprint density at radius 3 is 2.67 bits per heavy atom. The van der Waals surface area contributed by atoms with Crippen molar-refractivity contribution in [3.8, 4) is 5.75 Å². The maximum absolute atomic E-state index is 10.8. The molecule has 6 nitrogen and oxygen atoms in total. The smallest absolute Gasteiger partial charge is 0.406 e. The average molecular weight is 254 g/mol. The number of ether oxygens (including phenoxy) is 1. The molecule has 6 heteroatoms. The first-order valence-electron chi connectivity index (χ1n) is 5.71. The molecular formula is C12H18N2O4. The van der Waals surface area contributed by atoms with Crippen molar-refractivity contribution in [2.24, 2.45) is 5.92 Å². The van der Waals surface area contributed by atoms with E-state index < -0.39 is 10.5 Å². The molecule has 1 atom stereocenters. The lowest BCUT2D eigenvalue weighted by Gasteiger charge is -2.27. The summed E-state index contributed by atoms with van der Waals surface area (Å²) < 4.78 is 5.33. The van der Waals surface area contributed by atoms with Gasteiger partial charge in [0.1, 0.15) is 12.3 Å². The Balaban J connectivity index is 2.89. The number of hydrogen-bond donors (Lipinski definition) is 1. The number of nitrogens with zero attached hydrogens (tertiary/aromatic N) is 2. The third kappa shape index (κ3) is 3.40. The molecule has 18 heavy (non-hydrogen) atoms. The molecule has 0 saturated heterocycles. The predicted octanol–water partition coefficient (Wildman–Crippen LogP) is 2.08. The van der Waals surface area contributed by atoms with Crippen LogP contribution in [0.5, 0.6) is 5.75 Å². The van der Waals surface area contributed by atoms with Crippen LogP contribution < -0.4 is 4.74 Å². The number of rotatable bonds is 5. The summed E-state index contributed by atoms with van der Waals surface area (Å²) in [5, 5.41) is 20.9. The predicted molar refractivity (Wildman–Crippen MR) is 66.6 cm³/mol. The van der Waals surface area contributed by atoms with Crippen LogP contribution in [0.3, 0.4) is 0 Å². The van der Waals surface area contributed by atoms with E-state index in [1.165, 1.54) is 6.07 Å². The minimum Gasteiger partial charge on any atom is -0.483 e. The van der Waals surface area contributed by atoms with E-state index in [9.17, 15) is 15.2 Å². The van der Waals surface area contributed by atoms with Crippen LogP contribution in [0.25, 0.3) is 0 Å². The van der Waals surface area contributed by atoms with Gasteiger partial charge in [-0.25, -0.2) is 0 Å². The summed E-state index contributed by atoms with van der Waals surface area (Å²) in [5.41, 5.74) is -0.497. The Morgan fingerprint density at radius 1 is 1.56 bits per heavy atom. The van der Waals surface area contributed by atoms with Crippen molar-refractivity contribution in [3.63, 3.8) is 0 Å². The first-order valence-corrected chi connectivity index (χ1v) is 5.71. The summed E-state index contributed by atoms with van der Waals surface area (Å²) in [6.07, 6.45) is 0. The van der Waals surface area contributed by atoms with E-state index in [2.05, 4.69) is 4.98 Å². The minimum atomic E-state index is -1.04. The number of hydrogen-bond acceptors (Lipinski definition) is 5. The fourth-order valence-electron chi connectivity index (χ4n) is 1.16. The topological polar surface area (TPSA) is 85.5 Å². The van der Waals surface area contributed by atoms with Crippen molar-refractivity contribution in [1.82, 2.24) is 4.98 Å². The second-order valence-corrected chi connectivity index (χ2v) is 4.83. The summed E-state index contributed by atoms with van der Waals surface area (Å²) >= 11 is 0. The number of pyridine rings is 1. The minimum absolute atomic E-state index is 0.0176. The number of aryl methyl sites for hydroxylation is 1. The van der Waals surface area contributed by atoms with Crippen molar-refractivity contribution < 1.29 is 14.8 Å². The average Bonchev–Trinajstić information content (AvgIpc) is 2.27. The lowest BCUT2D eigenvalue weighted by molar-refractivity contribution is -0.390. The van der Waals surface area contributed by atoms with E-state index >= 15 is 0 Å². The van der Waals surface area contributed by atoms with E-state index in [4.69, 9.17) is 4.74 Å². The second-order valence-electron chi connectivity index (χ2n) is 4.83. The molecule has 100 valence electrons. The van der Waals surface area contributed by atoms with Gasteiger partial charge in [-0.05, 0) is 34.9 Å². The van der Waals surface area contributed by atoms with Gasteiger partial charge in [0, 0.05) is 6.92 Å². The quantitative estimate of drug-likeness (QED) is 0.642. The molecule has 0 radical (unpaired) electrons. The largest absolute Gasteiger partial charge is 0.483 e. The van der Waals surface area contributed by atoms with E-state index in [1.54, 1.807) is 19.9 Å². The Morgan fingerprint density at radius 2 is 2.17 bits per heavy atom. The molecule has 1 aromatic rings. The molecule has 0 spiro atoms. The monoisotopic (exact) mass is 254 g/mol. The summed E-state index contributed by atoms with van der Waals surface area (Å²) in [6.45, 7) is 6.98. The van der Waals surface area contributed by atoms with Crippen molar-refractivity contribution in [3.05, 3.63) is 27.9 Å². The van der Waals surface area contributed by atoms with Gasteiger partial charge in [-0.15, -0.1) is 0 Å². The standard InChI is InChI=1S/C12H18N2O4/c1-8(2)12(4,15)7-18-10-6-5-9(3)13-11(10)14(16)17/h5-6,8,15H,7H2,1-4H3. The molecule has 1 heterocycles. The Bertz CT molecular complexity index is 444. The zero-order valence-electron chi connectivity index (χ0n) is 11.0. The highest BCUT2D eigenvalue weighted by atomic mass is 16.6. The first kappa shape index (κ1) is 14.4. The highest BCUT2D eigenvalue weighted by Gasteiger charge is 2.27. The van der Waals surface area contributed by atoms with Gasteiger partial charge >= 0.3 is 5.82 Å². The summed E-state index contributed by atoms with van der Waals surface area (Å²) in [6, 6.07) is 3.13. The van der Waals surface area contributed by atoms with Gasteiger partial charge in [-0.3, -0.25) is 0 Å². The maximum atomic E-state index is 10.8. The van der Waals surface area contributed by atoms with Gasteiger partial charge in [0.15, 0.2) is 0 Å². The number of aromatic nitrogens is 1. The zero-order chi connectivity index (χ0) is 13.9. The fraction of sp³-hybridized carbons (Fsp3) is 0.583. The van der Waals surface area contributed by atoms with Gasteiger partial charge in [0.05, 0.1) is 5.60 Å². The van der Waals surface area contributed by atoms with Crippen LogP contribution >= 0.6 is 0 Å². The number of aliphatic hydroxyl groups is 1. The molecule has 0 fully saturated rings. The molecule has 0 bridgehead atoms. The van der Waals surface area contributed by atoms with Crippen LogP contribution in [-0.2, 0) is 0 Å². The molecule has 0 amide bonds. The second kappa shape index (κ2) is 5.30. The third-order valence-electron chi connectivity index (χ3n) is 2.92. The lowest BCUT2D eigenvalue weighted by atomic mass is 9.94. The van der Waals surface area contributed by atoms with E-state index in [0.717, 1.165) is 0 Å². The molecule has 0 aliphatic heterocycles. The van der Waals surface area contributed by atoms with Gasteiger partial charge < -0.3 is 20.0 Å². The lowest BCUT2D eigenvalue weighted by Crippen LogP contribution is -2.37. The summed E-state index contributed by atoms with van der Waals surface area (Å²) in [5.74, 6) is -0.268. The highest BCUT2D eigenvalue weighted by Crippen LogP contribution is 2.26. The molecule has 0 aromatic carbocycles. The van der Waals surface area contributed by atoms with Crippen LogP contribution in [0, 0.1) is 23.0 Å². The van der Waals surface area contributed by atoms with Gasteiger partial charge in [-0.1, -0.05) is 13.8 Å².